The lowest BCUT2D eigenvalue weighted by Crippen LogP contribution is -2.15. The number of hydrogen-bond donors (Lipinski definition) is 1. The summed E-state index contributed by atoms with van der Waals surface area (Å²) < 4.78 is 6.87. The minimum Gasteiger partial charge on any atom is -0.380 e. The van der Waals surface area contributed by atoms with E-state index in [4.69, 9.17) is 4.74 Å². The van der Waals surface area contributed by atoms with Crippen LogP contribution in [0.15, 0.2) is 0 Å². The number of hydrogen-bond acceptors (Lipinski definition) is 4. The van der Waals surface area contributed by atoms with E-state index >= 15 is 0 Å². The first-order valence-electron chi connectivity index (χ1n) is 4.34. The number of likely N-dealkylation sites (N-methyl/N-ethyl adjacent to an activating group) is 1. The fourth-order valence-corrected chi connectivity index (χ4v) is 1.27. The van der Waals surface area contributed by atoms with E-state index in [9.17, 15) is 4.79 Å². The van der Waals surface area contributed by atoms with E-state index in [0.29, 0.717) is 0 Å². The van der Waals surface area contributed by atoms with E-state index in [2.05, 4.69) is 5.32 Å². The predicted molar refractivity (Wildman–Crippen MR) is 55.6 cm³/mol. The lowest BCUT2D eigenvalue weighted by Gasteiger charge is -2.08. The molecule has 0 unspecified atom stereocenters. The van der Waals surface area contributed by atoms with E-state index < -0.39 is 0 Å². The van der Waals surface area contributed by atoms with Gasteiger partial charge in [0, 0.05) is 26.0 Å². The number of nitrogens with one attached hydrogen (secondary N) is 1. The molecule has 0 aliphatic carbocycles. The average molecular weight is 206 g/mol. The van der Waals surface area contributed by atoms with Gasteiger partial charge in [0.2, 0.25) is 6.41 Å². The fraction of sp³-hybridized carbons (Fsp3) is 0.875. The van der Waals surface area contributed by atoms with Gasteiger partial charge in [0.15, 0.2) is 0 Å². The van der Waals surface area contributed by atoms with E-state index in [1.807, 2.05) is 7.05 Å². The van der Waals surface area contributed by atoms with Crippen molar-refractivity contribution < 1.29 is 9.53 Å². The zero-order chi connectivity index (χ0) is 9.94. The molecule has 0 aromatic rings. The van der Waals surface area contributed by atoms with Gasteiger partial charge < -0.3 is 10.1 Å². The van der Waals surface area contributed by atoms with Crippen LogP contribution in [0.2, 0.25) is 0 Å². The van der Waals surface area contributed by atoms with Crippen molar-refractivity contribution in [1.82, 2.24) is 9.62 Å². The van der Waals surface area contributed by atoms with Gasteiger partial charge in [-0.25, -0.2) is 0 Å². The molecule has 0 aliphatic heterocycles. The monoisotopic (exact) mass is 206 g/mol. The maximum absolute atomic E-state index is 10.2. The van der Waals surface area contributed by atoms with Gasteiger partial charge in [0.05, 0.1) is 6.61 Å². The molecule has 0 heterocycles. The summed E-state index contributed by atoms with van der Waals surface area (Å²) in [4.78, 5) is 10.2. The van der Waals surface area contributed by atoms with Gasteiger partial charge in [-0.15, -0.1) is 0 Å². The molecule has 0 spiro atoms. The standard InChI is InChI=1S/C8H18N2O2S/c1-9-4-6-12-5-3-7-13-10(2)8-11/h8-9H,3-7H2,1-2H3. The highest BCUT2D eigenvalue weighted by Crippen LogP contribution is 2.04. The molecule has 0 aromatic heterocycles. The van der Waals surface area contributed by atoms with Gasteiger partial charge in [-0.3, -0.25) is 9.10 Å². The van der Waals surface area contributed by atoms with Crippen molar-refractivity contribution in [2.24, 2.45) is 0 Å². The summed E-state index contributed by atoms with van der Waals surface area (Å²) >= 11 is 1.51. The van der Waals surface area contributed by atoms with E-state index in [0.717, 1.165) is 38.3 Å². The highest BCUT2D eigenvalue weighted by molar-refractivity contribution is 7.97. The lowest BCUT2D eigenvalue weighted by molar-refractivity contribution is -0.113. The van der Waals surface area contributed by atoms with Gasteiger partial charge in [-0.1, -0.05) is 0 Å². The minimum absolute atomic E-state index is 0.755. The third kappa shape index (κ3) is 9.66. The first-order valence-corrected chi connectivity index (χ1v) is 5.29. The summed E-state index contributed by atoms with van der Waals surface area (Å²) in [6, 6.07) is 0. The van der Waals surface area contributed by atoms with Gasteiger partial charge in [0.1, 0.15) is 0 Å². The van der Waals surface area contributed by atoms with Crippen LogP contribution < -0.4 is 5.32 Å². The Hall–Kier alpha value is -0.260. The highest BCUT2D eigenvalue weighted by atomic mass is 32.2. The Balaban J connectivity index is 2.95. The molecule has 0 radical (unpaired) electrons. The Morgan fingerprint density at radius 2 is 2.31 bits per heavy atom. The Bertz CT molecular complexity index is 125. The summed E-state index contributed by atoms with van der Waals surface area (Å²) in [6.07, 6.45) is 1.79. The number of rotatable bonds is 9. The Labute approximate surface area is 84.1 Å². The third-order valence-corrected chi connectivity index (χ3v) is 2.34. The second-order valence-electron chi connectivity index (χ2n) is 2.55. The Morgan fingerprint density at radius 3 is 2.92 bits per heavy atom. The predicted octanol–water partition coefficient (Wildman–Crippen LogP) is 0.349. The molecule has 0 rings (SSSR count). The summed E-state index contributed by atoms with van der Waals surface area (Å²) in [5.74, 6) is 0.925. The number of ether oxygens (including phenoxy) is 1. The number of nitrogens with zero attached hydrogens (tertiary/aromatic N) is 1. The van der Waals surface area contributed by atoms with Gasteiger partial charge in [-0.2, -0.15) is 0 Å². The summed E-state index contributed by atoms with van der Waals surface area (Å²) in [5.41, 5.74) is 0. The van der Waals surface area contributed by atoms with E-state index in [1.165, 1.54) is 11.9 Å². The van der Waals surface area contributed by atoms with Crippen molar-refractivity contribution in [1.29, 1.82) is 0 Å². The largest absolute Gasteiger partial charge is 0.380 e. The average Bonchev–Trinajstić information content (AvgIpc) is 2.16. The first kappa shape index (κ1) is 12.7. The molecule has 0 bridgehead atoms. The van der Waals surface area contributed by atoms with Crippen LogP contribution in [0.25, 0.3) is 0 Å². The van der Waals surface area contributed by atoms with Crippen molar-refractivity contribution in [3.8, 4) is 0 Å². The molecule has 0 aromatic carbocycles. The summed E-state index contributed by atoms with van der Waals surface area (Å²) in [7, 11) is 3.65. The van der Waals surface area contributed by atoms with Crippen molar-refractivity contribution in [2.45, 2.75) is 6.42 Å². The SMILES string of the molecule is CNCCOCCCSN(C)C=O. The molecule has 0 aliphatic rings. The third-order valence-electron chi connectivity index (χ3n) is 1.37. The zero-order valence-corrected chi connectivity index (χ0v) is 9.10. The highest BCUT2D eigenvalue weighted by Gasteiger charge is 1.94. The molecule has 4 nitrogen and oxygen atoms in total. The Kier molecular flexibility index (Phi) is 9.63. The minimum atomic E-state index is 0.755. The molecule has 0 atom stereocenters. The maximum Gasteiger partial charge on any atom is 0.219 e. The Morgan fingerprint density at radius 1 is 1.54 bits per heavy atom. The van der Waals surface area contributed by atoms with Gasteiger partial charge >= 0.3 is 0 Å². The molecule has 0 saturated carbocycles. The van der Waals surface area contributed by atoms with Gasteiger partial charge in [0.25, 0.3) is 0 Å². The molecule has 5 heteroatoms. The van der Waals surface area contributed by atoms with Crippen molar-refractivity contribution in [3.63, 3.8) is 0 Å². The normalized spacial score (nSPS) is 10.0. The van der Waals surface area contributed by atoms with Crippen LogP contribution in [0.4, 0.5) is 0 Å². The summed E-state index contributed by atoms with van der Waals surface area (Å²) in [6.45, 7) is 2.41. The van der Waals surface area contributed by atoms with Crippen LogP contribution in [0.1, 0.15) is 6.42 Å². The zero-order valence-electron chi connectivity index (χ0n) is 8.28. The number of carbonyl (C=O) groups excluding carboxylic acids is 1. The fourth-order valence-electron chi connectivity index (χ4n) is 0.676. The summed E-state index contributed by atoms with van der Waals surface area (Å²) in [5, 5.41) is 3.00. The molecule has 0 fully saturated rings. The molecule has 0 saturated heterocycles. The van der Waals surface area contributed by atoms with Gasteiger partial charge in [-0.05, 0) is 25.4 Å². The first-order chi connectivity index (χ1) is 6.31. The molecule has 13 heavy (non-hydrogen) atoms. The smallest absolute Gasteiger partial charge is 0.219 e. The van der Waals surface area contributed by atoms with Crippen LogP contribution in [0.5, 0.6) is 0 Å². The van der Waals surface area contributed by atoms with Crippen LogP contribution in [-0.4, -0.2) is 50.3 Å². The molecular formula is C8H18N2O2S. The number of amides is 1. The van der Waals surface area contributed by atoms with Crippen molar-refractivity contribution >= 4 is 18.4 Å². The van der Waals surface area contributed by atoms with Crippen LogP contribution in [0.3, 0.4) is 0 Å². The van der Waals surface area contributed by atoms with Crippen molar-refractivity contribution in [3.05, 3.63) is 0 Å². The molecule has 1 amide bonds. The van der Waals surface area contributed by atoms with Crippen molar-refractivity contribution in [2.75, 3.05) is 39.6 Å². The van der Waals surface area contributed by atoms with Crippen LogP contribution in [0, 0.1) is 0 Å². The second kappa shape index (κ2) is 9.83. The lowest BCUT2D eigenvalue weighted by atomic mass is 10.5. The van der Waals surface area contributed by atoms with E-state index in [-0.39, 0.29) is 0 Å². The molecule has 1 N–H and O–H groups in total. The molecule has 78 valence electrons. The molecular weight excluding hydrogens is 188 g/mol. The number of carbonyl (C=O) groups is 1. The van der Waals surface area contributed by atoms with Crippen LogP contribution in [-0.2, 0) is 9.53 Å². The second-order valence-corrected chi connectivity index (χ2v) is 3.80. The van der Waals surface area contributed by atoms with E-state index in [1.54, 1.807) is 11.4 Å². The van der Waals surface area contributed by atoms with Crippen LogP contribution >= 0.6 is 11.9 Å². The quantitative estimate of drug-likeness (QED) is 0.336. The topological polar surface area (TPSA) is 41.6 Å². The maximum atomic E-state index is 10.2.